The van der Waals surface area contributed by atoms with Gasteiger partial charge in [-0.2, -0.15) is 5.26 Å². The van der Waals surface area contributed by atoms with Crippen LogP contribution < -0.4 is 4.90 Å². The van der Waals surface area contributed by atoms with Crippen molar-refractivity contribution < 1.29 is 9.47 Å². The zero-order valence-corrected chi connectivity index (χ0v) is 10.5. The predicted octanol–water partition coefficient (Wildman–Crippen LogP) is 2.02. The summed E-state index contributed by atoms with van der Waals surface area (Å²) < 4.78 is 10.6. The highest BCUT2D eigenvalue weighted by atomic mass is 35.5. The molecule has 4 nitrogen and oxygen atoms in total. The Morgan fingerprint density at radius 1 is 1.35 bits per heavy atom. The predicted molar refractivity (Wildman–Crippen MR) is 65.1 cm³/mol. The van der Waals surface area contributed by atoms with Gasteiger partial charge in [-0.3, -0.25) is 0 Å². The number of hydrogen-bond donors (Lipinski definition) is 0. The molecule has 0 saturated carbocycles. The summed E-state index contributed by atoms with van der Waals surface area (Å²) in [6.07, 6.45) is 0. The first-order valence-corrected chi connectivity index (χ1v) is 5.57. The van der Waals surface area contributed by atoms with E-state index in [2.05, 4.69) is 6.07 Å². The molecule has 0 aromatic heterocycles. The van der Waals surface area contributed by atoms with Gasteiger partial charge >= 0.3 is 0 Å². The quantitative estimate of drug-likeness (QED) is 0.772. The first-order valence-electron chi connectivity index (χ1n) is 5.19. The molecule has 0 amide bonds. The van der Waals surface area contributed by atoms with Crippen LogP contribution in [0.5, 0.6) is 0 Å². The Balaban J connectivity index is 2.19. The summed E-state index contributed by atoms with van der Waals surface area (Å²) in [5.74, 6) is -0.550. The summed E-state index contributed by atoms with van der Waals surface area (Å²) in [4.78, 5) is 2.02. The van der Waals surface area contributed by atoms with E-state index < -0.39 is 5.79 Å². The Kier molecular flexibility index (Phi) is 3.25. The van der Waals surface area contributed by atoms with Gasteiger partial charge in [0.1, 0.15) is 0 Å². The summed E-state index contributed by atoms with van der Waals surface area (Å²) in [5, 5.41) is 9.49. The summed E-state index contributed by atoms with van der Waals surface area (Å²) >= 11 is 6.11. The van der Waals surface area contributed by atoms with Crippen LogP contribution in [-0.2, 0) is 9.47 Å². The van der Waals surface area contributed by atoms with E-state index in [4.69, 9.17) is 26.3 Å². The fourth-order valence-corrected chi connectivity index (χ4v) is 2.11. The minimum absolute atomic E-state index is 0.550. The molecule has 5 heteroatoms. The van der Waals surface area contributed by atoms with E-state index in [-0.39, 0.29) is 0 Å². The molecule has 0 atom stereocenters. The maximum absolute atomic E-state index is 8.86. The monoisotopic (exact) mass is 252 g/mol. The first-order chi connectivity index (χ1) is 8.14. The Labute approximate surface area is 105 Å². The number of hydrogen-bond acceptors (Lipinski definition) is 4. The summed E-state index contributed by atoms with van der Waals surface area (Å²) in [6.45, 7) is 1.21. The molecule has 0 spiro atoms. The molecular formula is C12H13ClN2O2. The number of nitriles is 1. The SMILES string of the molecule is COC1(OC)CN(c2cc(C#N)ccc2Cl)C1. The molecule has 1 fully saturated rings. The van der Waals surface area contributed by atoms with Gasteiger partial charge in [-0.1, -0.05) is 11.6 Å². The van der Waals surface area contributed by atoms with Crippen molar-refractivity contribution >= 4 is 17.3 Å². The molecule has 0 aliphatic carbocycles. The Morgan fingerprint density at radius 2 is 2.00 bits per heavy atom. The van der Waals surface area contributed by atoms with Gasteiger partial charge in [0.25, 0.3) is 0 Å². The van der Waals surface area contributed by atoms with E-state index in [1.807, 2.05) is 4.90 Å². The van der Waals surface area contributed by atoms with Crippen molar-refractivity contribution in [3.63, 3.8) is 0 Å². The highest BCUT2D eigenvalue weighted by Gasteiger charge is 2.44. The van der Waals surface area contributed by atoms with Crippen LogP contribution in [0.3, 0.4) is 0 Å². The van der Waals surface area contributed by atoms with E-state index in [0.717, 1.165) is 5.69 Å². The van der Waals surface area contributed by atoms with Crippen molar-refractivity contribution in [1.82, 2.24) is 0 Å². The second kappa shape index (κ2) is 4.53. The number of benzene rings is 1. The van der Waals surface area contributed by atoms with Gasteiger partial charge in [0.2, 0.25) is 5.79 Å². The topological polar surface area (TPSA) is 45.5 Å². The first kappa shape index (κ1) is 12.2. The summed E-state index contributed by atoms with van der Waals surface area (Å²) in [6, 6.07) is 7.31. The van der Waals surface area contributed by atoms with Crippen molar-refractivity contribution in [3.05, 3.63) is 28.8 Å². The second-order valence-corrected chi connectivity index (χ2v) is 4.36. The highest BCUT2D eigenvalue weighted by molar-refractivity contribution is 6.33. The number of halogens is 1. The van der Waals surface area contributed by atoms with Crippen LogP contribution >= 0.6 is 11.6 Å². The van der Waals surface area contributed by atoms with Crippen LogP contribution in [0.15, 0.2) is 18.2 Å². The van der Waals surface area contributed by atoms with Crippen molar-refractivity contribution in [1.29, 1.82) is 5.26 Å². The summed E-state index contributed by atoms with van der Waals surface area (Å²) in [5.41, 5.74) is 1.44. The average Bonchev–Trinajstić information content (AvgIpc) is 2.31. The van der Waals surface area contributed by atoms with Gasteiger partial charge in [-0.25, -0.2) is 0 Å². The van der Waals surface area contributed by atoms with Gasteiger partial charge in [-0.05, 0) is 18.2 Å². The second-order valence-electron chi connectivity index (χ2n) is 3.95. The van der Waals surface area contributed by atoms with Crippen molar-refractivity contribution in [3.8, 4) is 6.07 Å². The van der Waals surface area contributed by atoms with Crippen molar-refractivity contribution in [2.24, 2.45) is 0 Å². The molecule has 1 aliphatic rings. The Morgan fingerprint density at radius 3 is 2.53 bits per heavy atom. The van der Waals surface area contributed by atoms with Gasteiger partial charge in [0.15, 0.2) is 0 Å². The van der Waals surface area contributed by atoms with Crippen molar-refractivity contribution in [2.75, 3.05) is 32.2 Å². The summed E-state index contributed by atoms with van der Waals surface area (Å²) in [7, 11) is 3.24. The molecule has 0 bridgehead atoms. The molecule has 1 saturated heterocycles. The molecule has 0 N–H and O–H groups in total. The van der Waals surface area contributed by atoms with Crippen LogP contribution in [0, 0.1) is 11.3 Å². The van der Waals surface area contributed by atoms with Crippen LogP contribution in [0.4, 0.5) is 5.69 Å². The molecule has 17 heavy (non-hydrogen) atoms. The molecule has 0 radical (unpaired) electrons. The van der Waals surface area contributed by atoms with E-state index in [1.165, 1.54) is 0 Å². The van der Waals surface area contributed by atoms with Crippen LogP contribution in [-0.4, -0.2) is 33.1 Å². The molecule has 1 heterocycles. The largest absolute Gasteiger partial charge is 0.359 e. The standard InChI is InChI=1S/C12H13ClN2O2/c1-16-12(17-2)7-15(8-12)11-5-9(6-14)3-4-10(11)13/h3-5H,7-8H2,1-2H3. The number of rotatable bonds is 3. The molecule has 2 rings (SSSR count). The number of methoxy groups -OCH3 is 2. The van der Waals surface area contributed by atoms with Crippen molar-refractivity contribution in [2.45, 2.75) is 5.79 Å². The smallest absolute Gasteiger partial charge is 0.203 e. The highest BCUT2D eigenvalue weighted by Crippen LogP contribution is 2.35. The third kappa shape index (κ3) is 2.09. The fourth-order valence-electron chi connectivity index (χ4n) is 1.87. The van der Waals surface area contributed by atoms with E-state index in [1.54, 1.807) is 32.4 Å². The van der Waals surface area contributed by atoms with Crippen LogP contribution in [0.1, 0.15) is 5.56 Å². The lowest BCUT2D eigenvalue weighted by Gasteiger charge is -2.48. The van der Waals surface area contributed by atoms with Crippen LogP contribution in [0.2, 0.25) is 5.02 Å². The molecule has 1 aromatic rings. The van der Waals surface area contributed by atoms with Gasteiger partial charge in [-0.15, -0.1) is 0 Å². The van der Waals surface area contributed by atoms with E-state index in [0.29, 0.717) is 23.7 Å². The lowest BCUT2D eigenvalue weighted by Crippen LogP contribution is -2.64. The third-order valence-corrected chi connectivity index (χ3v) is 3.34. The average molecular weight is 253 g/mol. The lowest BCUT2D eigenvalue weighted by atomic mass is 10.1. The van der Waals surface area contributed by atoms with Gasteiger partial charge in [0.05, 0.1) is 35.4 Å². The lowest BCUT2D eigenvalue weighted by molar-refractivity contribution is -0.219. The van der Waals surface area contributed by atoms with Gasteiger partial charge < -0.3 is 14.4 Å². The number of nitrogens with zero attached hydrogens (tertiary/aromatic N) is 2. The zero-order chi connectivity index (χ0) is 12.5. The molecule has 1 aliphatic heterocycles. The van der Waals surface area contributed by atoms with Crippen LogP contribution in [0.25, 0.3) is 0 Å². The number of ether oxygens (including phenoxy) is 2. The Bertz CT molecular complexity index is 458. The third-order valence-electron chi connectivity index (χ3n) is 3.02. The molecular weight excluding hydrogens is 240 g/mol. The minimum atomic E-state index is -0.550. The molecule has 1 aromatic carbocycles. The maximum atomic E-state index is 8.86. The molecule has 0 unspecified atom stereocenters. The zero-order valence-electron chi connectivity index (χ0n) is 9.74. The Hall–Kier alpha value is -1.28. The number of anilines is 1. The van der Waals surface area contributed by atoms with Gasteiger partial charge in [0, 0.05) is 14.2 Å². The normalized spacial score (nSPS) is 17.4. The minimum Gasteiger partial charge on any atom is -0.359 e. The molecule has 90 valence electrons. The van der Waals surface area contributed by atoms with E-state index >= 15 is 0 Å². The maximum Gasteiger partial charge on any atom is 0.203 e. The van der Waals surface area contributed by atoms with E-state index in [9.17, 15) is 0 Å². The fraction of sp³-hybridized carbons (Fsp3) is 0.417.